The second kappa shape index (κ2) is 6.36. The van der Waals surface area contributed by atoms with Gasteiger partial charge < -0.3 is 4.57 Å². The molecule has 4 heteroatoms. The van der Waals surface area contributed by atoms with Crippen LogP contribution in [0, 0.1) is 27.7 Å². The number of fused-ring (bicyclic) bond motifs is 1. The quantitative estimate of drug-likeness (QED) is 0.691. The summed E-state index contributed by atoms with van der Waals surface area (Å²) in [7, 11) is 1.98. The number of hydrogen-bond acceptors (Lipinski definition) is 2. The normalized spacial score (nSPS) is 12.1. The molecular weight excluding hydrogens is 316 g/mol. The molecule has 0 radical (unpaired) electrons. The van der Waals surface area contributed by atoms with E-state index in [0.29, 0.717) is 6.42 Å². The van der Waals surface area contributed by atoms with Crippen molar-refractivity contribution in [3.63, 3.8) is 0 Å². The first kappa shape index (κ1) is 16.7. The fourth-order valence-electron chi connectivity index (χ4n) is 2.97. The Kier molecular flexibility index (Phi) is 4.41. The van der Waals surface area contributed by atoms with Gasteiger partial charge in [-0.15, -0.1) is 0 Å². The Balaban J connectivity index is 2.02. The highest BCUT2D eigenvalue weighted by atomic mass is 32.1. The van der Waals surface area contributed by atoms with Crippen molar-refractivity contribution in [3.05, 3.63) is 63.0 Å². The van der Waals surface area contributed by atoms with E-state index in [4.69, 9.17) is 0 Å². The third-order valence-electron chi connectivity index (χ3n) is 4.41. The summed E-state index contributed by atoms with van der Waals surface area (Å²) in [5.74, 6) is -0.0961. The van der Waals surface area contributed by atoms with Gasteiger partial charge in [-0.1, -0.05) is 47.2 Å². The zero-order valence-electron chi connectivity index (χ0n) is 14.8. The number of carbonyl (C=O) groups is 1. The SMILES string of the molecule is Cc1ccc(C)c(CC(=O)N=c2sc3c(C)ccc(C)c3n2C)c1. The molecule has 0 saturated carbocycles. The Bertz CT molecular complexity index is 1010. The molecule has 1 heterocycles. The van der Waals surface area contributed by atoms with Crippen LogP contribution in [-0.2, 0) is 18.3 Å². The van der Waals surface area contributed by atoms with Gasteiger partial charge in [-0.3, -0.25) is 4.79 Å². The molecule has 1 aromatic heterocycles. The average Bonchev–Trinajstić information content (AvgIpc) is 2.85. The number of amides is 1. The minimum Gasteiger partial charge on any atom is -0.319 e. The molecule has 1 amide bonds. The van der Waals surface area contributed by atoms with Gasteiger partial charge in [0, 0.05) is 7.05 Å². The Morgan fingerprint density at radius 2 is 1.71 bits per heavy atom. The van der Waals surface area contributed by atoms with Gasteiger partial charge >= 0.3 is 0 Å². The van der Waals surface area contributed by atoms with E-state index in [0.717, 1.165) is 15.9 Å². The Morgan fingerprint density at radius 3 is 2.42 bits per heavy atom. The molecule has 3 rings (SSSR count). The number of hydrogen-bond donors (Lipinski definition) is 0. The van der Waals surface area contributed by atoms with E-state index in [1.807, 2.05) is 25.5 Å². The summed E-state index contributed by atoms with van der Waals surface area (Å²) in [4.78, 5) is 17.6. The van der Waals surface area contributed by atoms with Crippen LogP contribution in [0.1, 0.15) is 27.8 Å². The van der Waals surface area contributed by atoms with Gasteiger partial charge in [0.15, 0.2) is 4.80 Å². The maximum Gasteiger partial charge on any atom is 0.252 e. The van der Waals surface area contributed by atoms with Crippen LogP contribution < -0.4 is 4.80 Å². The van der Waals surface area contributed by atoms with E-state index >= 15 is 0 Å². The number of nitrogens with zero attached hydrogens (tertiary/aromatic N) is 2. The van der Waals surface area contributed by atoms with Crippen molar-refractivity contribution in [1.82, 2.24) is 4.57 Å². The summed E-state index contributed by atoms with van der Waals surface area (Å²) in [5.41, 5.74) is 6.95. The van der Waals surface area contributed by atoms with Crippen molar-refractivity contribution in [3.8, 4) is 0 Å². The van der Waals surface area contributed by atoms with Crippen molar-refractivity contribution in [2.45, 2.75) is 34.1 Å². The molecule has 0 aliphatic heterocycles. The van der Waals surface area contributed by atoms with Crippen LogP contribution >= 0.6 is 11.3 Å². The summed E-state index contributed by atoms with van der Waals surface area (Å²) in [6.45, 7) is 8.27. The van der Waals surface area contributed by atoms with Crippen molar-refractivity contribution >= 4 is 27.5 Å². The van der Waals surface area contributed by atoms with Gasteiger partial charge in [-0.25, -0.2) is 0 Å². The van der Waals surface area contributed by atoms with E-state index in [-0.39, 0.29) is 5.91 Å². The molecule has 3 nitrogen and oxygen atoms in total. The van der Waals surface area contributed by atoms with Crippen LogP contribution in [0.5, 0.6) is 0 Å². The van der Waals surface area contributed by atoms with Crippen LogP contribution in [0.2, 0.25) is 0 Å². The smallest absolute Gasteiger partial charge is 0.252 e. The number of carbonyl (C=O) groups excluding carboxylic acids is 1. The molecule has 0 atom stereocenters. The van der Waals surface area contributed by atoms with E-state index in [1.54, 1.807) is 11.3 Å². The highest BCUT2D eigenvalue weighted by Crippen LogP contribution is 2.24. The standard InChI is InChI=1S/C20H22N2OS/c1-12-6-7-13(2)16(10-12)11-17(23)21-20-22(5)18-14(3)8-9-15(4)19(18)24-20/h6-10H,11H2,1-5H3. The zero-order valence-corrected chi connectivity index (χ0v) is 15.6. The van der Waals surface area contributed by atoms with Gasteiger partial charge in [0.05, 0.1) is 16.6 Å². The van der Waals surface area contributed by atoms with Gasteiger partial charge in [0.2, 0.25) is 0 Å². The van der Waals surface area contributed by atoms with Crippen LogP contribution in [-0.4, -0.2) is 10.5 Å². The van der Waals surface area contributed by atoms with Crippen molar-refractivity contribution in [2.24, 2.45) is 12.0 Å². The first-order valence-corrected chi connectivity index (χ1v) is 8.88. The van der Waals surface area contributed by atoms with Crippen LogP contribution in [0.4, 0.5) is 0 Å². The molecule has 124 valence electrons. The number of rotatable bonds is 2. The second-order valence-electron chi connectivity index (χ2n) is 6.43. The first-order valence-electron chi connectivity index (χ1n) is 8.06. The van der Waals surface area contributed by atoms with Crippen LogP contribution in [0.15, 0.2) is 35.3 Å². The average molecular weight is 338 g/mol. The van der Waals surface area contributed by atoms with Crippen LogP contribution in [0.3, 0.4) is 0 Å². The fraction of sp³-hybridized carbons (Fsp3) is 0.300. The summed E-state index contributed by atoms with van der Waals surface area (Å²) in [6.07, 6.45) is 0.347. The topological polar surface area (TPSA) is 34.4 Å². The predicted molar refractivity (Wildman–Crippen MR) is 100 cm³/mol. The number of benzene rings is 2. The number of aryl methyl sites for hydroxylation is 5. The molecule has 24 heavy (non-hydrogen) atoms. The molecule has 0 N–H and O–H groups in total. The second-order valence-corrected chi connectivity index (χ2v) is 7.41. The Morgan fingerprint density at radius 1 is 1.04 bits per heavy atom. The lowest BCUT2D eigenvalue weighted by molar-refractivity contribution is -0.117. The molecule has 3 aromatic rings. The molecule has 0 aliphatic rings. The lowest BCUT2D eigenvalue weighted by Gasteiger charge is -2.04. The van der Waals surface area contributed by atoms with E-state index in [2.05, 4.69) is 49.2 Å². The van der Waals surface area contributed by atoms with Crippen LogP contribution in [0.25, 0.3) is 10.2 Å². The molecule has 0 fully saturated rings. The maximum absolute atomic E-state index is 12.5. The molecule has 0 aliphatic carbocycles. The Hall–Kier alpha value is -2.20. The summed E-state index contributed by atoms with van der Waals surface area (Å²) >= 11 is 1.59. The monoisotopic (exact) mass is 338 g/mol. The molecule has 0 bridgehead atoms. The molecule has 0 unspecified atom stereocenters. The van der Waals surface area contributed by atoms with E-state index < -0.39 is 0 Å². The molecular formula is C20H22N2OS. The summed E-state index contributed by atoms with van der Waals surface area (Å²) < 4.78 is 3.24. The minimum absolute atomic E-state index is 0.0961. The first-order chi connectivity index (χ1) is 11.4. The predicted octanol–water partition coefficient (Wildman–Crippen LogP) is 4.14. The highest BCUT2D eigenvalue weighted by molar-refractivity contribution is 7.16. The number of aromatic nitrogens is 1. The lowest BCUT2D eigenvalue weighted by atomic mass is 10.0. The summed E-state index contributed by atoms with van der Waals surface area (Å²) in [6, 6.07) is 10.4. The zero-order chi connectivity index (χ0) is 17.4. The molecule has 0 spiro atoms. The van der Waals surface area contributed by atoms with E-state index in [9.17, 15) is 4.79 Å². The van der Waals surface area contributed by atoms with Gasteiger partial charge in [-0.2, -0.15) is 4.99 Å². The largest absolute Gasteiger partial charge is 0.319 e. The van der Waals surface area contributed by atoms with Crippen molar-refractivity contribution in [2.75, 3.05) is 0 Å². The molecule has 0 saturated heterocycles. The van der Waals surface area contributed by atoms with E-state index in [1.165, 1.54) is 26.9 Å². The fourth-order valence-corrected chi connectivity index (χ4v) is 4.15. The highest BCUT2D eigenvalue weighted by Gasteiger charge is 2.10. The number of thiazole rings is 1. The lowest BCUT2D eigenvalue weighted by Crippen LogP contribution is -2.14. The van der Waals surface area contributed by atoms with Crippen molar-refractivity contribution in [1.29, 1.82) is 0 Å². The maximum atomic E-state index is 12.5. The summed E-state index contributed by atoms with van der Waals surface area (Å²) in [5, 5.41) is 0. The van der Waals surface area contributed by atoms with Gasteiger partial charge in [-0.05, 0) is 49.9 Å². The third kappa shape index (κ3) is 3.06. The molecule has 2 aromatic carbocycles. The van der Waals surface area contributed by atoms with Gasteiger partial charge in [0.1, 0.15) is 0 Å². The van der Waals surface area contributed by atoms with Crippen molar-refractivity contribution < 1.29 is 4.79 Å². The third-order valence-corrected chi connectivity index (χ3v) is 5.68. The minimum atomic E-state index is -0.0961. The Labute approximate surface area is 146 Å². The van der Waals surface area contributed by atoms with Gasteiger partial charge in [0.25, 0.3) is 5.91 Å².